The van der Waals surface area contributed by atoms with E-state index in [0.29, 0.717) is 22.4 Å². The van der Waals surface area contributed by atoms with Crippen LogP contribution in [0.4, 0.5) is 4.39 Å². The van der Waals surface area contributed by atoms with E-state index in [-0.39, 0.29) is 40.1 Å². The predicted molar refractivity (Wildman–Crippen MR) is 126 cm³/mol. The van der Waals surface area contributed by atoms with E-state index in [9.17, 15) is 9.59 Å². The summed E-state index contributed by atoms with van der Waals surface area (Å²) in [7, 11) is 0. The molecule has 0 atom stereocenters. The monoisotopic (exact) mass is 482 g/mol. The van der Waals surface area contributed by atoms with Gasteiger partial charge in [-0.25, -0.2) is 14.2 Å². The number of ether oxygens (including phenoxy) is 1. The Kier molecular flexibility index (Phi) is 6.58. The average molecular weight is 483 g/mol. The third-order valence-electron chi connectivity index (χ3n) is 4.95. The maximum atomic E-state index is 15.3. The Hall–Kier alpha value is -3.48. The Morgan fingerprint density at radius 2 is 1.85 bits per heavy atom. The van der Waals surface area contributed by atoms with Crippen molar-refractivity contribution >= 4 is 35.5 Å². The zero-order valence-electron chi connectivity index (χ0n) is 17.4. The minimum absolute atomic E-state index is 0.0521. The van der Waals surface area contributed by atoms with Crippen molar-refractivity contribution in [3.05, 3.63) is 93.8 Å². The first-order valence-corrected chi connectivity index (χ1v) is 10.8. The molecule has 1 aromatic heterocycles. The molecule has 1 heterocycles. The number of aldehydes is 1. The highest BCUT2D eigenvalue weighted by Crippen LogP contribution is 2.38. The highest BCUT2D eigenvalue weighted by molar-refractivity contribution is 6.31. The van der Waals surface area contributed by atoms with Crippen molar-refractivity contribution in [2.24, 2.45) is 0 Å². The summed E-state index contributed by atoms with van der Waals surface area (Å²) in [6, 6.07) is 18.1. The van der Waals surface area contributed by atoms with E-state index >= 15 is 4.39 Å². The van der Waals surface area contributed by atoms with Crippen LogP contribution in [0, 0.1) is 5.82 Å². The van der Waals surface area contributed by atoms with Gasteiger partial charge in [-0.05, 0) is 37.3 Å². The number of halogens is 3. The largest absolute Gasteiger partial charge is 0.461 e. The molecule has 33 heavy (non-hydrogen) atoms. The van der Waals surface area contributed by atoms with Gasteiger partial charge in [0.15, 0.2) is 17.8 Å². The number of carbonyl (C=O) groups is 2. The van der Waals surface area contributed by atoms with E-state index in [1.54, 1.807) is 43.3 Å². The quantitative estimate of drug-likeness (QED) is 0.228. The summed E-state index contributed by atoms with van der Waals surface area (Å²) < 4.78 is 22.0. The van der Waals surface area contributed by atoms with Gasteiger partial charge in [0.25, 0.3) is 0 Å². The average Bonchev–Trinajstić information content (AvgIpc) is 3.22. The standard InChI is InChI=1S/C25H17Cl2FN2O3/c1-2-33-25(32)22-23(18-13-17(26)12-11-16(18)14-31)30(20-10-6-9-19(27)21(20)28)24(29-22)15-7-4-3-5-8-15/h3-14H,2H2,1H3. The molecule has 0 aliphatic heterocycles. The lowest BCUT2D eigenvalue weighted by molar-refractivity contribution is 0.0521. The Morgan fingerprint density at radius 3 is 2.55 bits per heavy atom. The zero-order valence-corrected chi connectivity index (χ0v) is 18.9. The fraction of sp³-hybridized carbons (Fsp3) is 0.0800. The maximum Gasteiger partial charge on any atom is 0.359 e. The van der Waals surface area contributed by atoms with Crippen molar-refractivity contribution < 1.29 is 18.7 Å². The Bertz CT molecular complexity index is 1350. The molecule has 0 aliphatic rings. The Labute approximate surface area is 199 Å². The van der Waals surface area contributed by atoms with E-state index in [4.69, 9.17) is 27.9 Å². The summed E-state index contributed by atoms with van der Waals surface area (Å²) in [4.78, 5) is 29.4. The molecule has 0 radical (unpaired) electrons. The second-order valence-electron chi connectivity index (χ2n) is 6.98. The van der Waals surface area contributed by atoms with Gasteiger partial charge in [-0.1, -0.05) is 59.6 Å². The van der Waals surface area contributed by atoms with Crippen molar-refractivity contribution in [3.8, 4) is 28.3 Å². The number of esters is 1. The van der Waals surface area contributed by atoms with Crippen LogP contribution in [0.15, 0.2) is 66.7 Å². The Morgan fingerprint density at radius 1 is 1.09 bits per heavy atom. The van der Waals surface area contributed by atoms with Crippen molar-refractivity contribution in [2.45, 2.75) is 6.92 Å². The predicted octanol–water partition coefficient (Wildman–Crippen LogP) is 6.64. The number of aromatic nitrogens is 2. The summed E-state index contributed by atoms with van der Waals surface area (Å²) in [5, 5.41) is 0.219. The lowest BCUT2D eigenvalue weighted by atomic mass is 10.0. The lowest BCUT2D eigenvalue weighted by Gasteiger charge is -2.16. The van der Waals surface area contributed by atoms with Gasteiger partial charge in [0, 0.05) is 21.7 Å². The normalized spacial score (nSPS) is 10.8. The SMILES string of the molecule is CCOC(=O)c1nc(-c2ccccc2)n(-c2cccc(Cl)c2F)c1-c1cc(Cl)ccc1C=O. The van der Waals surface area contributed by atoms with Crippen LogP contribution >= 0.6 is 23.2 Å². The second kappa shape index (κ2) is 9.57. The molecular weight excluding hydrogens is 466 g/mol. The van der Waals surface area contributed by atoms with E-state index in [0.717, 1.165) is 0 Å². The first-order valence-electron chi connectivity index (χ1n) is 10.0. The van der Waals surface area contributed by atoms with Crippen LogP contribution in [0.5, 0.6) is 0 Å². The van der Waals surface area contributed by atoms with Crippen LogP contribution in [0.2, 0.25) is 10.0 Å². The maximum absolute atomic E-state index is 15.3. The second-order valence-corrected chi connectivity index (χ2v) is 7.82. The van der Waals surface area contributed by atoms with Crippen LogP contribution in [-0.2, 0) is 4.74 Å². The zero-order chi connectivity index (χ0) is 23.5. The molecule has 0 aliphatic carbocycles. The minimum atomic E-state index is -0.720. The molecule has 0 saturated heterocycles. The molecule has 166 valence electrons. The van der Waals surface area contributed by atoms with Gasteiger partial charge in [0.05, 0.1) is 23.0 Å². The van der Waals surface area contributed by atoms with Crippen LogP contribution in [0.1, 0.15) is 27.8 Å². The topological polar surface area (TPSA) is 61.2 Å². The molecule has 4 aromatic rings. The van der Waals surface area contributed by atoms with Crippen LogP contribution in [-0.4, -0.2) is 28.4 Å². The van der Waals surface area contributed by atoms with Gasteiger partial charge in [-0.2, -0.15) is 0 Å². The smallest absolute Gasteiger partial charge is 0.359 e. The van der Waals surface area contributed by atoms with Gasteiger partial charge in [-0.15, -0.1) is 0 Å². The summed E-state index contributed by atoms with van der Waals surface area (Å²) in [6.07, 6.45) is 0.633. The van der Waals surface area contributed by atoms with Gasteiger partial charge < -0.3 is 4.74 Å². The van der Waals surface area contributed by atoms with Crippen LogP contribution in [0.3, 0.4) is 0 Å². The van der Waals surface area contributed by atoms with Gasteiger partial charge >= 0.3 is 5.97 Å². The third kappa shape index (κ3) is 4.27. The number of hydrogen-bond donors (Lipinski definition) is 0. The summed E-state index contributed by atoms with van der Waals surface area (Å²) in [6.45, 7) is 1.77. The van der Waals surface area contributed by atoms with Gasteiger partial charge in [0.1, 0.15) is 5.82 Å². The molecule has 8 heteroatoms. The molecular formula is C25H17Cl2FN2O3. The highest BCUT2D eigenvalue weighted by atomic mass is 35.5. The number of carbonyl (C=O) groups excluding carboxylic acids is 2. The number of rotatable bonds is 6. The molecule has 0 spiro atoms. The van der Waals surface area contributed by atoms with Crippen molar-refractivity contribution in [3.63, 3.8) is 0 Å². The number of hydrogen-bond acceptors (Lipinski definition) is 4. The minimum Gasteiger partial charge on any atom is -0.461 e. The molecule has 3 aromatic carbocycles. The molecule has 0 unspecified atom stereocenters. The molecule has 0 fully saturated rings. The fourth-order valence-electron chi connectivity index (χ4n) is 3.53. The number of imidazole rings is 1. The third-order valence-corrected chi connectivity index (χ3v) is 5.47. The van der Waals surface area contributed by atoms with E-state index in [2.05, 4.69) is 4.98 Å². The summed E-state index contributed by atoms with van der Waals surface area (Å²) in [5.41, 5.74) is 1.29. The van der Waals surface area contributed by atoms with Crippen molar-refractivity contribution in [1.29, 1.82) is 0 Å². The van der Waals surface area contributed by atoms with Gasteiger partial charge in [0.2, 0.25) is 0 Å². The highest BCUT2D eigenvalue weighted by Gasteiger charge is 2.29. The van der Waals surface area contributed by atoms with Crippen molar-refractivity contribution in [1.82, 2.24) is 9.55 Å². The molecule has 0 bridgehead atoms. The molecule has 5 nitrogen and oxygen atoms in total. The lowest BCUT2D eigenvalue weighted by Crippen LogP contribution is -2.09. The summed E-state index contributed by atoms with van der Waals surface area (Å²) >= 11 is 12.3. The molecule has 0 amide bonds. The van der Waals surface area contributed by atoms with Crippen molar-refractivity contribution in [2.75, 3.05) is 6.61 Å². The molecule has 0 N–H and O–H groups in total. The molecule has 0 saturated carbocycles. The van der Waals surface area contributed by atoms with Crippen LogP contribution in [0.25, 0.3) is 28.3 Å². The molecule has 4 rings (SSSR count). The Balaban J connectivity index is 2.19. The number of benzene rings is 3. The van der Waals surface area contributed by atoms with E-state index in [1.807, 2.05) is 6.07 Å². The number of nitrogens with zero attached hydrogens (tertiary/aromatic N) is 2. The first-order chi connectivity index (χ1) is 16.0. The summed E-state index contributed by atoms with van der Waals surface area (Å²) in [5.74, 6) is -1.16. The van der Waals surface area contributed by atoms with Gasteiger partial charge in [-0.3, -0.25) is 9.36 Å². The van der Waals surface area contributed by atoms with E-state index < -0.39 is 11.8 Å². The fourth-order valence-corrected chi connectivity index (χ4v) is 3.87. The van der Waals surface area contributed by atoms with E-state index in [1.165, 1.54) is 28.8 Å². The van der Waals surface area contributed by atoms with Crippen LogP contribution < -0.4 is 0 Å². The first kappa shape index (κ1) is 22.7.